The monoisotopic (exact) mass is 635 g/mol. The van der Waals surface area contributed by atoms with Gasteiger partial charge in [-0.1, -0.05) is 12.1 Å². The minimum absolute atomic E-state index is 0.0896. The van der Waals surface area contributed by atoms with Crippen LogP contribution in [0, 0.1) is 12.7 Å². The van der Waals surface area contributed by atoms with E-state index >= 15 is 0 Å². The molecule has 5 aromatic rings. The maximum atomic E-state index is 14.2. The summed E-state index contributed by atoms with van der Waals surface area (Å²) in [5, 5.41) is 9.02. The number of fused-ring (bicyclic) bond motifs is 1. The lowest BCUT2D eigenvalue weighted by Gasteiger charge is -2.22. The molecule has 6 rings (SSSR count). The largest absolute Gasteiger partial charge is 0.371 e. The molecular weight excluding hydrogens is 597 g/mol. The number of amides is 2. The number of benzene rings is 3. The van der Waals surface area contributed by atoms with Crippen molar-refractivity contribution in [2.24, 2.45) is 0 Å². The van der Waals surface area contributed by atoms with Crippen LogP contribution in [0.4, 0.5) is 15.9 Å². The van der Waals surface area contributed by atoms with Crippen LogP contribution in [0.15, 0.2) is 77.9 Å². The van der Waals surface area contributed by atoms with Crippen LogP contribution in [0.2, 0.25) is 0 Å². The number of halogens is 1. The summed E-state index contributed by atoms with van der Waals surface area (Å²) >= 11 is 0. The Labute approximate surface area is 272 Å². The van der Waals surface area contributed by atoms with Crippen LogP contribution in [0.5, 0.6) is 0 Å². The van der Waals surface area contributed by atoms with Crippen LogP contribution in [-0.2, 0) is 11.3 Å². The molecule has 1 saturated heterocycles. The topological polar surface area (TPSA) is 113 Å². The Kier molecular flexibility index (Phi) is 8.91. The third-order valence-corrected chi connectivity index (χ3v) is 8.79. The quantitative estimate of drug-likeness (QED) is 0.213. The van der Waals surface area contributed by atoms with Crippen molar-refractivity contribution < 1.29 is 14.0 Å². The molecule has 0 aliphatic carbocycles. The summed E-state index contributed by atoms with van der Waals surface area (Å²) in [4.78, 5) is 46.1. The van der Waals surface area contributed by atoms with E-state index in [1.807, 2.05) is 25.3 Å². The van der Waals surface area contributed by atoms with E-state index in [4.69, 9.17) is 0 Å². The number of aryl methyl sites for hydroxylation is 1. The van der Waals surface area contributed by atoms with Gasteiger partial charge < -0.3 is 25.4 Å². The summed E-state index contributed by atoms with van der Waals surface area (Å²) in [6.45, 7) is 5.66. The maximum absolute atomic E-state index is 14.2. The first-order chi connectivity index (χ1) is 22.7. The second-order valence-corrected chi connectivity index (χ2v) is 11.9. The van der Waals surface area contributed by atoms with Crippen LogP contribution >= 0.6 is 0 Å². The molecule has 3 heterocycles. The molecule has 1 atom stereocenters. The first-order valence-electron chi connectivity index (χ1n) is 15.7. The average molecular weight is 636 g/mol. The van der Waals surface area contributed by atoms with Gasteiger partial charge in [-0.05, 0) is 93.4 Å². The summed E-state index contributed by atoms with van der Waals surface area (Å²) in [5.41, 5.74) is 5.67. The zero-order valence-electron chi connectivity index (χ0n) is 26.9. The fourth-order valence-electron chi connectivity index (χ4n) is 6.09. The molecular formula is C36H38FN7O3. The smallest absolute Gasteiger partial charge is 0.294 e. The Hall–Kier alpha value is -5.29. The van der Waals surface area contributed by atoms with Crippen LogP contribution in [0.25, 0.3) is 27.8 Å². The van der Waals surface area contributed by atoms with Crippen molar-refractivity contribution in [2.45, 2.75) is 39.3 Å². The number of likely N-dealkylation sites (N-methyl/N-ethyl adjacent to an activating group) is 1. The molecule has 10 nitrogen and oxygen atoms in total. The van der Waals surface area contributed by atoms with Gasteiger partial charge in [0.25, 0.3) is 11.5 Å². The van der Waals surface area contributed by atoms with Gasteiger partial charge in [-0.2, -0.15) is 0 Å². The molecule has 2 amide bonds. The van der Waals surface area contributed by atoms with E-state index in [0.29, 0.717) is 16.8 Å². The molecule has 0 radical (unpaired) electrons. The molecule has 2 aromatic heterocycles. The molecule has 0 bridgehead atoms. The van der Waals surface area contributed by atoms with Crippen molar-refractivity contribution >= 4 is 34.2 Å². The third-order valence-electron chi connectivity index (χ3n) is 8.79. The number of hydrogen-bond donors (Lipinski definition) is 3. The maximum Gasteiger partial charge on any atom is 0.294 e. The van der Waals surface area contributed by atoms with Crippen LogP contribution in [0.3, 0.4) is 0 Å². The Morgan fingerprint density at radius 2 is 1.77 bits per heavy atom. The highest BCUT2D eigenvalue weighted by molar-refractivity contribution is 5.95. The van der Waals surface area contributed by atoms with E-state index in [-0.39, 0.29) is 30.0 Å². The zero-order valence-corrected chi connectivity index (χ0v) is 26.9. The molecule has 0 saturated carbocycles. The fourth-order valence-corrected chi connectivity index (χ4v) is 6.09. The minimum Gasteiger partial charge on any atom is -0.371 e. The SMILES string of the molecule is CNC(=O)c1cccc(-c2cnc(NC(=O)[C@H](C)NC)c(=O)n2Cc2cc(N3CCCC3)cc(-n3cc(C)c4cc(F)ccc43)c2)c1. The molecule has 3 N–H and O–H groups in total. The van der Waals surface area contributed by atoms with Gasteiger partial charge in [0.2, 0.25) is 5.91 Å². The second kappa shape index (κ2) is 13.2. The Morgan fingerprint density at radius 3 is 2.51 bits per heavy atom. The first kappa shape index (κ1) is 31.7. The number of nitrogens with one attached hydrogen (secondary N) is 3. The Bertz CT molecular complexity index is 2040. The van der Waals surface area contributed by atoms with Crippen LogP contribution < -0.4 is 26.4 Å². The molecule has 242 valence electrons. The Morgan fingerprint density at radius 1 is 1.00 bits per heavy atom. The van der Waals surface area contributed by atoms with Gasteiger partial charge in [0.05, 0.1) is 30.0 Å². The van der Waals surface area contributed by atoms with E-state index in [1.54, 1.807) is 62.1 Å². The number of carbonyl (C=O) groups is 2. The van der Waals surface area contributed by atoms with Crippen molar-refractivity contribution in [1.29, 1.82) is 0 Å². The number of rotatable bonds is 9. The summed E-state index contributed by atoms with van der Waals surface area (Å²) in [5.74, 6) is -1.02. The molecule has 1 fully saturated rings. The summed E-state index contributed by atoms with van der Waals surface area (Å²) in [7, 11) is 3.22. The summed E-state index contributed by atoms with van der Waals surface area (Å²) in [6.07, 6.45) is 5.73. The summed E-state index contributed by atoms with van der Waals surface area (Å²) in [6, 6.07) is 17.5. The minimum atomic E-state index is -0.540. The van der Waals surface area contributed by atoms with Crippen LogP contribution in [0.1, 0.15) is 41.3 Å². The lowest BCUT2D eigenvalue weighted by Crippen LogP contribution is -2.38. The number of hydrogen-bond acceptors (Lipinski definition) is 6. The lowest BCUT2D eigenvalue weighted by molar-refractivity contribution is -0.117. The Balaban J connectivity index is 1.51. The van der Waals surface area contributed by atoms with E-state index in [9.17, 15) is 18.8 Å². The van der Waals surface area contributed by atoms with Crippen molar-refractivity contribution in [1.82, 2.24) is 24.8 Å². The molecule has 47 heavy (non-hydrogen) atoms. The van der Waals surface area contributed by atoms with Crippen molar-refractivity contribution in [3.63, 3.8) is 0 Å². The normalized spacial score (nSPS) is 13.6. The standard InChI is InChI=1S/C36H38FN7O3/c1-22-20-43(31-11-10-27(37)17-30(22)31)29-15-24(14-28(18-29)42-12-5-6-13-42)21-44-32(25-8-7-9-26(16-25)35(46)39-4)19-40-33(36(44)47)41-34(45)23(2)38-3/h7-11,14-20,23,38H,5-6,12-13,21H2,1-4H3,(H,39,46)(H,40,41,45)/t23-/m0/s1. The van der Waals surface area contributed by atoms with Gasteiger partial charge in [0.15, 0.2) is 5.82 Å². The highest BCUT2D eigenvalue weighted by Crippen LogP contribution is 2.31. The van der Waals surface area contributed by atoms with Crippen LogP contribution in [-0.4, -0.2) is 59.2 Å². The van der Waals surface area contributed by atoms with E-state index in [1.165, 1.54) is 6.07 Å². The van der Waals surface area contributed by atoms with Crippen molar-refractivity contribution in [3.05, 3.63) is 106 Å². The molecule has 0 spiro atoms. The molecule has 3 aromatic carbocycles. The molecule has 11 heteroatoms. The van der Waals surface area contributed by atoms with Gasteiger partial charge in [0.1, 0.15) is 5.82 Å². The fraction of sp³-hybridized carbons (Fsp3) is 0.278. The van der Waals surface area contributed by atoms with Crippen molar-refractivity contribution in [2.75, 3.05) is 37.4 Å². The van der Waals surface area contributed by atoms with Gasteiger partial charge in [0, 0.05) is 54.2 Å². The highest BCUT2D eigenvalue weighted by atomic mass is 19.1. The number of aromatic nitrogens is 3. The molecule has 1 aliphatic rings. The third kappa shape index (κ3) is 6.39. The van der Waals surface area contributed by atoms with E-state index in [0.717, 1.165) is 59.3 Å². The highest BCUT2D eigenvalue weighted by Gasteiger charge is 2.20. The predicted molar refractivity (Wildman–Crippen MR) is 183 cm³/mol. The molecule has 1 aliphatic heterocycles. The summed E-state index contributed by atoms with van der Waals surface area (Å²) < 4.78 is 17.8. The first-order valence-corrected chi connectivity index (χ1v) is 15.7. The van der Waals surface area contributed by atoms with Gasteiger partial charge in [-0.15, -0.1) is 0 Å². The van der Waals surface area contributed by atoms with E-state index < -0.39 is 11.6 Å². The number of carbonyl (C=O) groups excluding carboxylic acids is 2. The average Bonchev–Trinajstić information content (AvgIpc) is 3.74. The number of anilines is 2. The number of nitrogens with zero attached hydrogens (tertiary/aromatic N) is 4. The van der Waals surface area contributed by atoms with Crippen molar-refractivity contribution in [3.8, 4) is 16.9 Å². The molecule has 0 unspecified atom stereocenters. The predicted octanol–water partition coefficient (Wildman–Crippen LogP) is 4.86. The van der Waals surface area contributed by atoms with Gasteiger partial charge >= 0.3 is 0 Å². The zero-order chi connectivity index (χ0) is 33.2. The van der Waals surface area contributed by atoms with Gasteiger partial charge in [-0.25, -0.2) is 9.37 Å². The second-order valence-electron chi connectivity index (χ2n) is 11.9. The van der Waals surface area contributed by atoms with Gasteiger partial charge in [-0.3, -0.25) is 19.0 Å². The lowest BCUT2D eigenvalue weighted by atomic mass is 10.1. The van der Waals surface area contributed by atoms with E-state index in [2.05, 4.69) is 42.5 Å².